The largest absolute Gasteiger partial charge is 0.363 e. The number of rotatable bonds is 3. The van der Waals surface area contributed by atoms with Crippen LogP contribution in [0.5, 0.6) is 0 Å². The monoisotopic (exact) mass is 318 g/mol. The minimum Gasteiger partial charge on any atom is -0.363 e. The number of amides is 1. The van der Waals surface area contributed by atoms with E-state index in [0.29, 0.717) is 16.5 Å². The highest BCUT2D eigenvalue weighted by Gasteiger charge is 2.33. The Hall–Kier alpha value is -1.88. The normalized spacial score (nSPS) is 18.2. The highest BCUT2D eigenvalue weighted by atomic mass is 35.5. The molecule has 3 heterocycles. The third kappa shape index (κ3) is 2.73. The van der Waals surface area contributed by atoms with Gasteiger partial charge in [0.15, 0.2) is 5.69 Å². The molecule has 3 rings (SSSR count). The van der Waals surface area contributed by atoms with E-state index < -0.39 is 0 Å². The molecule has 0 spiro atoms. The van der Waals surface area contributed by atoms with E-state index in [2.05, 4.69) is 15.0 Å². The van der Waals surface area contributed by atoms with E-state index >= 15 is 0 Å². The van der Waals surface area contributed by atoms with Gasteiger partial charge in [-0.15, -0.1) is 0 Å². The predicted octanol–water partition coefficient (Wildman–Crippen LogP) is 3.56. The average molecular weight is 319 g/mol. The molecule has 0 unspecified atom stereocenters. The fraction of sp³-hybridized carbons (Fsp3) is 0.438. The third-order valence-corrected chi connectivity index (χ3v) is 4.25. The van der Waals surface area contributed by atoms with E-state index in [4.69, 9.17) is 11.6 Å². The first kappa shape index (κ1) is 15.0. The summed E-state index contributed by atoms with van der Waals surface area (Å²) in [4.78, 5) is 26.5. The zero-order chi connectivity index (χ0) is 15.7. The molecule has 5 nitrogen and oxygen atoms in total. The molecule has 1 amide bonds. The number of nitrogens with zero attached hydrogens (tertiary/aromatic N) is 3. The summed E-state index contributed by atoms with van der Waals surface area (Å²) in [5, 5.41) is 0.312. The first-order chi connectivity index (χ1) is 10.6. The number of nitrogens with one attached hydrogen (secondary N) is 1. The highest BCUT2D eigenvalue weighted by molar-refractivity contribution is 6.33. The predicted molar refractivity (Wildman–Crippen MR) is 84.9 cm³/mol. The number of carbonyl (C=O) groups excluding carboxylic acids is 1. The Labute approximate surface area is 134 Å². The lowest BCUT2D eigenvalue weighted by atomic mass is 10.1. The Bertz CT molecular complexity index is 669. The summed E-state index contributed by atoms with van der Waals surface area (Å²) < 4.78 is 0. The molecule has 1 N–H and O–H groups in total. The molecular weight excluding hydrogens is 300 g/mol. The van der Waals surface area contributed by atoms with Crippen molar-refractivity contribution in [2.24, 2.45) is 0 Å². The van der Waals surface area contributed by atoms with Crippen molar-refractivity contribution < 1.29 is 4.79 Å². The second-order valence-electron chi connectivity index (χ2n) is 5.86. The number of aromatic nitrogens is 3. The van der Waals surface area contributed by atoms with E-state index in [-0.39, 0.29) is 17.9 Å². The number of hydrogen-bond donors (Lipinski definition) is 1. The van der Waals surface area contributed by atoms with Crippen molar-refractivity contribution in [1.82, 2.24) is 19.9 Å². The molecule has 0 bridgehead atoms. The van der Waals surface area contributed by atoms with E-state index in [1.165, 1.54) is 6.20 Å². The Morgan fingerprint density at radius 2 is 2.32 bits per heavy atom. The lowest BCUT2D eigenvalue weighted by Crippen LogP contribution is -2.32. The van der Waals surface area contributed by atoms with Gasteiger partial charge in [0.2, 0.25) is 0 Å². The first-order valence-electron chi connectivity index (χ1n) is 7.54. The van der Waals surface area contributed by atoms with Crippen LogP contribution < -0.4 is 0 Å². The fourth-order valence-electron chi connectivity index (χ4n) is 2.83. The molecule has 1 fully saturated rings. The van der Waals surface area contributed by atoms with Crippen molar-refractivity contribution in [3.05, 3.63) is 46.8 Å². The number of aromatic amines is 1. The van der Waals surface area contributed by atoms with Gasteiger partial charge in [-0.25, -0.2) is 9.97 Å². The SMILES string of the molecule is CC(C)c1ncc(Cl)c(C(=O)N2CCC[C@@H]2c2ccc[nH]2)n1. The Balaban J connectivity index is 1.91. The van der Waals surface area contributed by atoms with Gasteiger partial charge in [-0.05, 0) is 25.0 Å². The van der Waals surface area contributed by atoms with Gasteiger partial charge in [0, 0.05) is 24.4 Å². The molecule has 116 valence electrons. The lowest BCUT2D eigenvalue weighted by molar-refractivity contribution is 0.0727. The van der Waals surface area contributed by atoms with E-state index in [1.54, 1.807) is 0 Å². The van der Waals surface area contributed by atoms with Crippen molar-refractivity contribution in [2.45, 2.75) is 38.6 Å². The van der Waals surface area contributed by atoms with Crippen LogP contribution in [0, 0.1) is 0 Å². The molecule has 0 aromatic carbocycles. The van der Waals surface area contributed by atoms with Crippen molar-refractivity contribution in [2.75, 3.05) is 6.54 Å². The minimum atomic E-state index is -0.119. The maximum Gasteiger partial charge on any atom is 0.274 e. The van der Waals surface area contributed by atoms with Gasteiger partial charge < -0.3 is 9.88 Å². The lowest BCUT2D eigenvalue weighted by Gasteiger charge is -2.24. The standard InChI is InChI=1S/C16H19ClN4O/c1-10(2)15-19-9-11(17)14(20-15)16(22)21-8-4-6-13(21)12-5-3-7-18-12/h3,5,7,9-10,13,18H,4,6,8H2,1-2H3/t13-/m1/s1. The van der Waals surface area contributed by atoms with Crippen molar-refractivity contribution in [3.63, 3.8) is 0 Å². The zero-order valence-corrected chi connectivity index (χ0v) is 13.5. The summed E-state index contributed by atoms with van der Waals surface area (Å²) in [6.45, 7) is 4.71. The van der Waals surface area contributed by atoms with Gasteiger partial charge in [-0.2, -0.15) is 0 Å². The highest BCUT2D eigenvalue weighted by Crippen LogP contribution is 2.33. The first-order valence-corrected chi connectivity index (χ1v) is 7.92. The molecule has 2 aromatic rings. The Kier molecular flexibility index (Phi) is 4.16. The summed E-state index contributed by atoms with van der Waals surface area (Å²) in [5.41, 5.74) is 1.36. The van der Waals surface area contributed by atoms with Crippen LogP contribution >= 0.6 is 11.6 Å². The van der Waals surface area contributed by atoms with Crippen LogP contribution in [-0.4, -0.2) is 32.3 Å². The maximum absolute atomic E-state index is 12.9. The van der Waals surface area contributed by atoms with Crippen LogP contribution in [0.2, 0.25) is 5.02 Å². The number of halogens is 1. The van der Waals surface area contributed by atoms with E-state index in [0.717, 1.165) is 25.1 Å². The third-order valence-electron chi connectivity index (χ3n) is 3.98. The Morgan fingerprint density at radius 1 is 1.50 bits per heavy atom. The average Bonchev–Trinajstić information content (AvgIpc) is 3.17. The van der Waals surface area contributed by atoms with Gasteiger partial charge >= 0.3 is 0 Å². The van der Waals surface area contributed by atoms with Crippen LogP contribution in [0.3, 0.4) is 0 Å². The summed E-state index contributed by atoms with van der Waals surface area (Å²) in [6.07, 6.45) is 5.34. The summed E-state index contributed by atoms with van der Waals surface area (Å²) >= 11 is 6.17. The van der Waals surface area contributed by atoms with Crippen LogP contribution in [0.15, 0.2) is 24.5 Å². The molecule has 1 atom stereocenters. The van der Waals surface area contributed by atoms with Crippen molar-refractivity contribution >= 4 is 17.5 Å². The second kappa shape index (κ2) is 6.08. The summed E-state index contributed by atoms with van der Waals surface area (Å²) in [7, 11) is 0. The van der Waals surface area contributed by atoms with Crippen molar-refractivity contribution in [1.29, 1.82) is 0 Å². The molecule has 1 saturated heterocycles. The summed E-state index contributed by atoms with van der Waals surface area (Å²) in [6, 6.07) is 4.03. The van der Waals surface area contributed by atoms with E-state index in [1.807, 2.05) is 37.1 Å². The van der Waals surface area contributed by atoms with Gasteiger partial charge in [-0.3, -0.25) is 4.79 Å². The molecule has 0 radical (unpaired) electrons. The number of carbonyl (C=O) groups is 1. The van der Waals surface area contributed by atoms with Gasteiger partial charge in [0.25, 0.3) is 5.91 Å². The van der Waals surface area contributed by atoms with Crippen LogP contribution in [0.25, 0.3) is 0 Å². The second-order valence-corrected chi connectivity index (χ2v) is 6.27. The zero-order valence-electron chi connectivity index (χ0n) is 12.7. The fourth-order valence-corrected chi connectivity index (χ4v) is 3.00. The van der Waals surface area contributed by atoms with Crippen LogP contribution in [0.1, 0.15) is 60.7 Å². The Morgan fingerprint density at radius 3 is 3.00 bits per heavy atom. The number of likely N-dealkylation sites (tertiary alicyclic amines) is 1. The molecule has 6 heteroatoms. The number of hydrogen-bond acceptors (Lipinski definition) is 3. The molecule has 0 aliphatic carbocycles. The molecule has 22 heavy (non-hydrogen) atoms. The van der Waals surface area contributed by atoms with Crippen molar-refractivity contribution in [3.8, 4) is 0 Å². The van der Waals surface area contributed by atoms with Gasteiger partial charge in [0.1, 0.15) is 5.82 Å². The van der Waals surface area contributed by atoms with E-state index in [9.17, 15) is 4.79 Å². The quantitative estimate of drug-likeness (QED) is 0.941. The molecule has 1 aliphatic rings. The smallest absolute Gasteiger partial charge is 0.274 e. The molecule has 0 saturated carbocycles. The minimum absolute atomic E-state index is 0.0658. The maximum atomic E-state index is 12.9. The topological polar surface area (TPSA) is 61.9 Å². The van der Waals surface area contributed by atoms with Gasteiger partial charge in [0.05, 0.1) is 17.3 Å². The molecular formula is C16H19ClN4O. The molecule has 1 aliphatic heterocycles. The van der Waals surface area contributed by atoms with Crippen LogP contribution in [-0.2, 0) is 0 Å². The number of H-pyrrole nitrogens is 1. The van der Waals surface area contributed by atoms with Gasteiger partial charge in [-0.1, -0.05) is 25.4 Å². The molecule has 2 aromatic heterocycles. The van der Waals surface area contributed by atoms with Crippen LogP contribution in [0.4, 0.5) is 0 Å². The summed E-state index contributed by atoms with van der Waals surface area (Å²) in [5.74, 6) is 0.677.